The molecule has 0 fully saturated rings. The number of anilines is 1. The van der Waals surface area contributed by atoms with Crippen LogP contribution in [0, 0.1) is 0 Å². The van der Waals surface area contributed by atoms with Gasteiger partial charge in [-0.3, -0.25) is 14.0 Å². The Labute approximate surface area is 144 Å². The van der Waals surface area contributed by atoms with Crippen molar-refractivity contribution >= 4 is 23.1 Å². The molecule has 0 saturated carbocycles. The number of rotatable bonds is 3. The molecule has 0 saturated heterocycles. The number of hydrogen-bond acceptors (Lipinski definition) is 4. The summed E-state index contributed by atoms with van der Waals surface area (Å²) in [6.07, 6.45) is 2.96. The third-order valence-electron chi connectivity index (χ3n) is 4.34. The van der Waals surface area contributed by atoms with E-state index in [0.717, 1.165) is 16.9 Å². The van der Waals surface area contributed by atoms with Crippen LogP contribution in [0.25, 0.3) is 5.65 Å². The number of amides is 2. The van der Waals surface area contributed by atoms with E-state index in [2.05, 4.69) is 20.8 Å². The van der Waals surface area contributed by atoms with Gasteiger partial charge in [0.1, 0.15) is 0 Å². The molecular formula is C18H17N5O2. The van der Waals surface area contributed by atoms with Crippen LogP contribution < -0.4 is 10.6 Å². The van der Waals surface area contributed by atoms with E-state index in [-0.39, 0.29) is 17.9 Å². The van der Waals surface area contributed by atoms with Crippen molar-refractivity contribution in [2.75, 3.05) is 5.32 Å². The molecule has 4 rings (SSSR count). The van der Waals surface area contributed by atoms with Gasteiger partial charge in [0.2, 0.25) is 5.91 Å². The van der Waals surface area contributed by atoms with Crippen LogP contribution in [-0.4, -0.2) is 26.4 Å². The predicted molar refractivity (Wildman–Crippen MR) is 92.3 cm³/mol. The van der Waals surface area contributed by atoms with Gasteiger partial charge in [0.15, 0.2) is 11.5 Å². The van der Waals surface area contributed by atoms with Gasteiger partial charge in [-0.15, -0.1) is 10.2 Å². The fourth-order valence-electron chi connectivity index (χ4n) is 3.02. The average Bonchev–Trinajstić information content (AvgIpc) is 3.05. The highest BCUT2D eigenvalue weighted by Gasteiger charge is 2.19. The van der Waals surface area contributed by atoms with Crippen molar-refractivity contribution in [1.29, 1.82) is 0 Å². The maximum Gasteiger partial charge on any atom is 0.251 e. The van der Waals surface area contributed by atoms with Gasteiger partial charge in [-0.1, -0.05) is 6.07 Å². The summed E-state index contributed by atoms with van der Waals surface area (Å²) in [5, 5.41) is 14.1. The fraction of sp³-hybridized carbons (Fsp3) is 0.222. The second-order valence-electron chi connectivity index (χ2n) is 6.10. The molecule has 1 aromatic carbocycles. The minimum absolute atomic E-state index is 0.0111. The van der Waals surface area contributed by atoms with Gasteiger partial charge in [0, 0.05) is 23.9 Å². The van der Waals surface area contributed by atoms with Crippen LogP contribution >= 0.6 is 0 Å². The van der Waals surface area contributed by atoms with Crippen LogP contribution in [0.5, 0.6) is 0 Å². The zero-order valence-electron chi connectivity index (χ0n) is 13.7. The van der Waals surface area contributed by atoms with Crippen LogP contribution in [0.15, 0.2) is 42.6 Å². The van der Waals surface area contributed by atoms with Crippen LogP contribution in [0.4, 0.5) is 5.69 Å². The number of pyridine rings is 1. The first-order valence-electron chi connectivity index (χ1n) is 8.15. The summed E-state index contributed by atoms with van der Waals surface area (Å²) in [7, 11) is 0. The zero-order chi connectivity index (χ0) is 17.4. The van der Waals surface area contributed by atoms with Gasteiger partial charge in [-0.25, -0.2) is 0 Å². The number of aromatic nitrogens is 3. The van der Waals surface area contributed by atoms with E-state index < -0.39 is 0 Å². The van der Waals surface area contributed by atoms with E-state index in [0.29, 0.717) is 24.2 Å². The van der Waals surface area contributed by atoms with Gasteiger partial charge in [-0.05, 0) is 49.2 Å². The highest BCUT2D eigenvalue weighted by atomic mass is 16.2. The van der Waals surface area contributed by atoms with E-state index in [4.69, 9.17) is 0 Å². The van der Waals surface area contributed by atoms with Crippen molar-refractivity contribution in [1.82, 2.24) is 19.9 Å². The molecule has 1 aliphatic rings. The van der Waals surface area contributed by atoms with Crippen LogP contribution in [0.2, 0.25) is 0 Å². The fourth-order valence-corrected chi connectivity index (χ4v) is 3.02. The molecule has 7 heteroatoms. The summed E-state index contributed by atoms with van der Waals surface area (Å²) in [5.74, 6) is 0.506. The normalized spacial score (nSPS) is 14.7. The largest absolute Gasteiger partial charge is 0.342 e. The van der Waals surface area contributed by atoms with Crippen molar-refractivity contribution in [3.05, 3.63) is 59.5 Å². The minimum atomic E-state index is -0.291. The van der Waals surface area contributed by atoms with Crippen LogP contribution in [-0.2, 0) is 11.2 Å². The highest BCUT2D eigenvalue weighted by Crippen LogP contribution is 2.24. The molecule has 3 aromatic rings. The Bertz CT molecular complexity index is 979. The lowest BCUT2D eigenvalue weighted by Gasteiger charge is -2.18. The quantitative estimate of drug-likeness (QED) is 0.767. The van der Waals surface area contributed by atoms with E-state index in [9.17, 15) is 9.59 Å². The highest BCUT2D eigenvalue weighted by molar-refractivity contribution is 5.98. The summed E-state index contributed by atoms with van der Waals surface area (Å²) in [4.78, 5) is 24.0. The first-order valence-corrected chi connectivity index (χ1v) is 8.15. The maximum atomic E-state index is 12.6. The molecule has 0 bridgehead atoms. The summed E-state index contributed by atoms with van der Waals surface area (Å²) in [6.45, 7) is 1.87. The van der Waals surface area contributed by atoms with Crippen LogP contribution in [0.3, 0.4) is 0 Å². The lowest BCUT2D eigenvalue weighted by molar-refractivity contribution is -0.116. The monoisotopic (exact) mass is 335 g/mol. The number of nitrogens with one attached hydrogen (secondary N) is 2. The van der Waals surface area contributed by atoms with Gasteiger partial charge in [-0.2, -0.15) is 0 Å². The molecule has 7 nitrogen and oxygen atoms in total. The van der Waals surface area contributed by atoms with Gasteiger partial charge in [0.05, 0.1) is 6.04 Å². The molecule has 2 amide bonds. The predicted octanol–water partition coefficient (Wildman–Crippen LogP) is 2.10. The van der Waals surface area contributed by atoms with E-state index >= 15 is 0 Å². The number of hydrogen-bond donors (Lipinski definition) is 2. The second-order valence-corrected chi connectivity index (χ2v) is 6.10. The van der Waals surface area contributed by atoms with E-state index in [1.54, 1.807) is 12.1 Å². The lowest BCUT2D eigenvalue weighted by atomic mass is 10.00. The molecule has 0 radical (unpaired) electrons. The number of carbonyl (C=O) groups is 2. The Morgan fingerprint density at radius 1 is 1.24 bits per heavy atom. The van der Waals surface area contributed by atoms with Crippen LogP contribution in [0.1, 0.15) is 41.1 Å². The number of aryl methyl sites for hydroxylation is 1. The van der Waals surface area contributed by atoms with Crippen molar-refractivity contribution in [2.24, 2.45) is 0 Å². The molecule has 0 spiro atoms. The van der Waals surface area contributed by atoms with E-state index in [1.807, 2.05) is 41.8 Å². The van der Waals surface area contributed by atoms with Crippen molar-refractivity contribution in [3.63, 3.8) is 0 Å². The SMILES string of the molecule is C[C@H](NC(=O)c1ccc2c(c1)CCC(=O)N2)c1nnc2ccccn12. The molecule has 3 heterocycles. The third-order valence-corrected chi connectivity index (χ3v) is 4.34. The number of fused-ring (bicyclic) bond motifs is 2. The maximum absolute atomic E-state index is 12.6. The number of carbonyl (C=O) groups excluding carboxylic acids is 2. The molecule has 1 atom stereocenters. The molecule has 0 aliphatic carbocycles. The lowest BCUT2D eigenvalue weighted by Crippen LogP contribution is -2.28. The first-order chi connectivity index (χ1) is 12.1. The Hall–Kier alpha value is -3.22. The van der Waals surface area contributed by atoms with E-state index in [1.165, 1.54) is 0 Å². The molecule has 0 unspecified atom stereocenters. The Kier molecular flexibility index (Phi) is 3.68. The topological polar surface area (TPSA) is 88.4 Å². The number of benzene rings is 1. The Morgan fingerprint density at radius 2 is 2.12 bits per heavy atom. The third kappa shape index (κ3) is 2.84. The van der Waals surface area contributed by atoms with Crippen molar-refractivity contribution in [2.45, 2.75) is 25.8 Å². The standard InChI is InChI=1S/C18H17N5O2/c1-11(17-22-21-15-4-2-3-9-23(15)17)19-18(25)13-5-7-14-12(10-13)6-8-16(24)20-14/h2-5,7,9-11H,6,8H2,1H3,(H,19,25)(H,20,24)/t11-/m0/s1. The summed E-state index contributed by atoms with van der Waals surface area (Å²) < 4.78 is 1.85. The van der Waals surface area contributed by atoms with Gasteiger partial charge < -0.3 is 10.6 Å². The Morgan fingerprint density at radius 3 is 3.00 bits per heavy atom. The molecule has 2 N–H and O–H groups in total. The number of nitrogens with zero attached hydrogens (tertiary/aromatic N) is 3. The summed E-state index contributed by atoms with van der Waals surface area (Å²) in [5.41, 5.74) is 3.07. The first kappa shape index (κ1) is 15.3. The molecule has 126 valence electrons. The molecular weight excluding hydrogens is 318 g/mol. The zero-order valence-corrected chi connectivity index (χ0v) is 13.7. The molecule has 25 heavy (non-hydrogen) atoms. The average molecular weight is 335 g/mol. The molecule has 2 aromatic heterocycles. The van der Waals surface area contributed by atoms with Gasteiger partial charge >= 0.3 is 0 Å². The second kappa shape index (κ2) is 6.01. The van der Waals surface area contributed by atoms with Gasteiger partial charge in [0.25, 0.3) is 5.91 Å². The van der Waals surface area contributed by atoms with Crippen molar-refractivity contribution < 1.29 is 9.59 Å². The smallest absolute Gasteiger partial charge is 0.251 e. The summed E-state index contributed by atoms with van der Waals surface area (Å²) >= 11 is 0. The minimum Gasteiger partial charge on any atom is -0.342 e. The molecule has 1 aliphatic heterocycles. The Balaban J connectivity index is 1.54. The summed E-state index contributed by atoms with van der Waals surface area (Å²) in [6, 6.07) is 10.7. The van der Waals surface area contributed by atoms with Crippen molar-refractivity contribution in [3.8, 4) is 0 Å².